The standard InChI is InChI=1S/C17H27N3/c1-14-4-3-5-16(12-14)19-8-10-20(11-9-19)17-7-6-15(2)18-13-17/h3-5,12,15,17-18H,6-11,13H2,1-2H3. The lowest BCUT2D eigenvalue weighted by Gasteiger charge is -2.42. The summed E-state index contributed by atoms with van der Waals surface area (Å²) in [4.78, 5) is 5.22. The number of hydrogen-bond donors (Lipinski definition) is 1. The van der Waals surface area contributed by atoms with Crippen LogP contribution in [0.2, 0.25) is 0 Å². The fraction of sp³-hybridized carbons (Fsp3) is 0.647. The van der Waals surface area contributed by atoms with E-state index in [9.17, 15) is 0 Å². The van der Waals surface area contributed by atoms with Crippen molar-refractivity contribution < 1.29 is 0 Å². The van der Waals surface area contributed by atoms with Crippen LogP contribution in [0.3, 0.4) is 0 Å². The zero-order valence-corrected chi connectivity index (χ0v) is 12.8. The Morgan fingerprint density at radius 3 is 2.55 bits per heavy atom. The number of rotatable bonds is 2. The molecule has 0 amide bonds. The van der Waals surface area contributed by atoms with Crippen LogP contribution in [-0.4, -0.2) is 49.7 Å². The Morgan fingerprint density at radius 2 is 1.90 bits per heavy atom. The first kappa shape index (κ1) is 13.9. The highest BCUT2D eigenvalue weighted by Crippen LogP contribution is 2.20. The van der Waals surface area contributed by atoms with Crippen LogP contribution in [0.5, 0.6) is 0 Å². The second-order valence-electron chi connectivity index (χ2n) is 6.40. The molecule has 0 bridgehead atoms. The van der Waals surface area contributed by atoms with E-state index in [2.05, 4.69) is 53.2 Å². The van der Waals surface area contributed by atoms with Gasteiger partial charge in [0.25, 0.3) is 0 Å². The van der Waals surface area contributed by atoms with E-state index in [1.807, 2.05) is 0 Å². The third-order valence-corrected chi connectivity index (χ3v) is 4.83. The van der Waals surface area contributed by atoms with Crippen LogP contribution in [0.1, 0.15) is 25.3 Å². The first-order chi connectivity index (χ1) is 9.72. The summed E-state index contributed by atoms with van der Waals surface area (Å²) >= 11 is 0. The van der Waals surface area contributed by atoms with Crippen LogP contribution >= 0.6 is 0 Å². The van der Waals surface area contributed by atoms with Crippen molar-refractivity contribution in [3.8, 4) is 0 Å². The molecule has 3 rings (SSSR count). The number of aryl methyl sites for hydroxylation is 1. The van der Waals surface area contributed by atoms with Gasteiger partial charge in [-0.3, -0.25) is 4.90 Å². The Morgan fingerprint density at radius 1 is 1.10 bits per heavy atom. The Bertz CT molecular complexity index is 430. The van der Waals surface area contributed by atoms with Crippen molar-refractivity contribution in [2.75, 3.05) is 37.6 Å². The minimum atomic E-state index is 0.708. The highest BCUT2D eigenvalue weighted by Gasteiger charge is 2.26. The monoisotopic (exact) mass is 273 g/mol. The van der Waals surface area contributed by atoms with Gasteiger partial charge in [-0.1, -0.05) is 12.1 Å². The van der Waals surface area contributed by atoms with Gasteiger partial charge < -0.3 is 10.2 Å². The van der Waals surface area contributed by atoms with Gasteiger partial charge in [-0.25, -0.2) is 0 Å². The normalized spacial score (nSPS) is 28.6. The lowest BCUT2D eigenvalue weighted by atomic mass is 10.00. The first-order valence-electron chi connectivity index (χ1n) is 8.01. The maximum atomic E-state index is 3.62. The summed E-state index contributed by atoms with van der Waals surface area (Å²) in [5, 5.41) is 3.62. The van der Waals surface area contributed by atoms with Gasteiger partial charge in [0, 0.05) is 50.5 Å². The molecule has 3 heteroatoms. The highest BCUT2D eigenvalue weighted by molar-refractivity contribution is 5.48. The second-order valence-corrected chi connectivity index (χ2v) is 6.40. The average molecular weight is 273 g/mol. The van der Waals surface area contributed by atoms with E-state index in [4.69, 9.17) is 0 Å². The van der Waals surface area contributed by atoms with Crippen molar-refractivity contribution in [1.82, 2.24) is 10.2 Å². The number of anilines is 1. The molecule has 2 fully saturated rings. The number of piperazine rings is 1. The lowest BCUT2D eigenvalue weighted by Crippen LogP contribution is -2.55. The first-order valence-corrected chi connectivity index (χ1v) is 8.01. The number of hydrogen-bond acceptors (Lipinski definition) is 3. The molecule has 0 radical (unpaired) electrons. The van der Waals surface area contributed by atoms with Crippen LogP contribution in [0.25, 0.3) is 0 Å². The number of nitrogens with one attached hydrogen (secondary N) is 1. The minimum absolute atomic E-state index is 0.708. The van der Waals surface area contributed by atoms with Crippen LogP contribution in [-0.2, 0) is 0 Å². The fourth-order valence-electron chi connectivity index (χ4n) is 3.47. The predicted molar refractivity (Wildman–Crippen MR) is 85.5 cm³/mol. The van der Waals surface area contributed by atoms with E-state index in [-0.39, 0.29) is 0 Å². The second kappa shape index (κ2) is 6.15. The van der Waals surface area contributed by atoms with Crippen molar-refractivity contribution in [3.05, 3.63) is 29.8 Å². The molecular weight excluding hydrogens is 246 g/mol. The highest BCUT2D eigenvalue weighted by atomic mass is 15.3. The fourth-order valence-corrected chi connectivity index (χ4v) is 3.47. The van der Waals surface area contributed by atoms with Crippen LogP contribution in [0, 0.1) is 6.92 Å². The summed E-state index contributed by atoms with van der Waals surface area (Å²) in [6.45, 7) is 10.4. The van der Waals surface area contributed by atoms with Gasteiger partial charge in [-0.15, -0.1) is 0 Å². The molecule has 0 saturated carbocycles. The Kier molecular flexibility index (Phi) is 4.27. The Balaban J connectivity index is 1.54. The Labute approximate surface area is 123 Å². The molecule has 2 aliphatic rings. The van der Waals surface area contributed by atoms with Crippen LogP contribution in [0.15, 0.2) is 24.3 Å². The minimum Gasteiger partial charge on any atom is -0.369 e. The summed E-state index contributed by atoms with van der Waals surface area (Å²) in [6.07, 6.45) is 2.68. The quantitative estimate of drug-likeness (QED) is 0.891. The third kappa shape index (κ3) is 3.15. The molecule has 20 heavy (non-hydrogen) atoms. The summed E-state index contributed by atoms with van der Waals surface area (Å²) in [5.41, 5.74) is 2.75. The molecule has 2 aliphatic heterocycles. The van der Waals surface area contributed by atoms with Crippen molar-refractivity contribution in [2.24, 2.45) is 0 Å². The van der Waals surface area contributed by atoms with Crippen molar-refractivity contribution in [2.45, 2.75) is 38.8 Å². The lowest BCUT2D eigenvalue weighted by molar-refractivity contribution is 0.146. The van der Waals surface area contributed by atoms with Gasteiger partial charge in [0.05, 0.1) is 0 Å². The summed E-state index contributed by atoms with van der Waals surface area (Å²) in [7, 11) is 0. The topological polar surface area (TPSA) is 18.5 Å². The van der Waals surface area contributed by atoms with Gasteiger partial charge in [-0.2, -0.15) is 0 Å². The van der Waals surface area contributed by atoms with Gasteiger partial charge in [0.15, 0.2) is 0 Å². The summed E-state index contributed by atoms with van der Waals surface area (Å²) < 4.78 is 0. The van der Waals surface area contributed by atoms with E-state index in [1.54, 1.807) is 0 Å². The summed E-state index contributed by atoms with van der Waals surface area (Å²) in [6, 6.07) is 10.4. The molecule has 0 aliphatic carbocycles. The smallest absolute Gasteiger partial charge is 0.0369 e. The molecule has 2 heterocycles. The molecule has 1 aromatic rings. The van der Waals surface area contributed by atoms with E-state index in [0.29, 0.717) is 6.04 Å². The van der Waals surface area contributed by atoms with E-state index >= 15 is 0 Å². The molecule has 2 saturated heterocycles. The molecule has 3 nitrogen and oxygen atoms in total. The maximum Gasteiger partial charge on any atom is 0.0369 e. The number of benzene rings is 1. The SMILES string of the molecule is Cc1cccc(N2CCN(C3CCC(C)NC3)CC2)c1. The van der Waals surface area contributed by atoms with Gasteiger partial charge in [0.1, 0.15) is 0 Å². The molecule has 0 aromatic heterocycles. The van der Waals surface area contributed by atoms with Gasteiger partial charge in [0.2, 0.25) is 0 Å². The number of piperidine rings is 1. The van der Waals surface area contributed by atoms with E-state index in [1.165, 1.54) is 43.7 Å². The largest absolute Gasteiger partial charge is 0.369 e. The van der Waals surface area contributed by atoms with Gasteiger partial charge >= 0.3 is 0 Å². The third-order valence-electron chi connectivity index (χ3n) is 4.83. The van der Waals surface area contributed by atoms with E-state index in [0.717, 1.165) is 19.1 Å². The molecule has 2 atom stereocenters. The number of nitrogens with zero attached hydrogens (tertiary/aromatic N) is 2. The molecule has 0 spiro atoms. The van der Waals surface area contributed by atoms with E-state index < -0.39 is 0 Å². The molecule has 110 valence electrons. The zero-order chi connectivity index (χ0) is 13.9. The van der Waals surface area contributed by atoms with Crippen LogP contribution < -0.4 is 10.2 Å². The van der Waals surface area contributed by atoms with Crippen LogP contribution in [0.4, 0.5) is 5.69 Å². The molecule has 1 N–H and O–H groups in total. The molecular formula is C17H27N3. The van der Waals surface area contributed by atoms with Crippen molar-refractivity contribution in [3.63, 3.8) is 0 Å². The molecule has 1 aromatic carbocycles. The molecule has 2 unspecified atom stereocenters. The van der Waals surface area contributed by atoms with Gasteiger partial charge in [-0.05, 0) is 44.4 Å². The maximum absolute atomic E-state index is 3.62. The predicted octanol–water partition coefficient (Wildman–Crippen LogP) is 2.26. The zero-order valence-electron chi connectivity index (χ0n) is 12.8. The van der Waals surface area contributed by atoms with Crippen molar-refractivity contribution >= 4 is 5.69 Å². The van der Waals surface area contributed by atoms with Crippen molar-refractivity contribution in [1.29, 1.82) is 0 Å². The average Bonchev–Trinajstić information content (AvgIpc) is 2.48. The summed E-state index contributed by atoms with van der Waals surface area (Å²) in [5.74, 6) is 0. The Hall–Kier alpha value is -1.06.